The Balaban J connectivity index is 1.38. The Bertz CT molecular complexity index is 1230. The fraction of sp³-hybridized carbons (Fsp3) is 0.182. The monoisotopic (exact) mass is 492 g/mol. The van der Waals surface area contributed by atoms with Gasteiger partial charge in [-0.2, -0.15) is 18.3 Å². The summed E-state index contributed by atoms with van der Waals surface area (Å²) in [5, 5.41) is 6.73. The second-order valence-corrected chi connectivity index (χ2v) is 9.31. The summed E-state index contributed by atoms with van der Waals surface area (Å²) < 4.78 is 52.4. The number of thioether (sulfide) groups is 1. The average molecular weight is 493 g/mol. The summed E-state index contributed by atoms with van der Waals surface area (Å²) in [7, 11) is 0. The summed E-state index contributed by atoms with van der Waals surface area (Å²) in [6.45, 7) is 0.242. The SMILES string of the molecule is O=C1c2sccc2N2C(SCc3cccc(C(F)(F)F)c3)=NNC2N1Cc1ccc(F)cc1. The number of rotatable bonds is 4. The van der Waals surface area contributed by atoms with Crippen LogP contribution >= 0.6 is 23.1 Å². The zero-order chi connectivity index (χ0) is 23.2. The number of carbonyl (C=O) groups excluding carboxylic acids is 1. The number of halogens is 4. The standard InChI is InChI=1S/C22H16F4N4OS2/c23-16-6-4-13(5-7-16)11-29-19(31)18-17(8-9-32-18)30-20(29)27-28-21(30)33-12-14-2-1-3-15(10-14)22(24,25)26/h1-10,20,27H,11-12H2. The van der Waals surface area contributed by atoms with Crippen LogP contribution in [0.25, 0.3) is 0 Å². The molecule has 0 fully saturated rings. The van der Waals surface area contributed by atoms with Crippen LogP contribution in [-0.4, -0.2) is 22.3 Å². The minimum absolute atomic E-state index is 0.169. The highest BCUT2D eigenvalue weighted by molar-refractivity contribution is 8.13. The smallest absolute Gasteiger partial charge is 0.294 e. The third-order valence-corrected chi connectivity index (χ3v) is 7.18. The Hall–Kier alpha value is -3.05. The summed E-state index contributed by atoms with van der Waals surface area (Å²) in [4.78, 5) is 17.2. The van der Waals surface area contributed by atoms with E-state index in [1.807, 2.05) is 16.3 Å². The zero-order valence-electron chi connectivity index (χ0n) is 16.8. The van der Waals surface area contributed by atoms with Crippen molar-refractivity contribution in [3.63, 3.8) is 0 Å². The molecule has 2 aliphatic heterocycles. The molecule has 0 saturated heterocycles. The molecule has 1 aromatic heterocycles. The number of amides is 1. The Morgan fingerprint density at radius 3 is 2.64 bits per heavy atom. The highest BCUT2D eigenvalue weighted by atomic mass is 32.2. The van der Waals surface area contributed by atoms with Gasteiger partial charge in [0.2, 0.25) is 6.29 Å². The Kier molecular flexibility index (Phi) is 5.53. The van der Waals surface area contributed by atoms with Crippen molar-refractivity contribution < 1.29 is 22.4 Å². The topological polar surface area (TPSA) is 47.9 Å². The third-order valence-electron chi connectivity index (χ3n) is 5.27. The number of anilines is 1. The molecular formula is C22H16F4N4OS2. The molecule has 1 atom stereocenters. The molecule has 2 aromatic carbocycles. The number of nitrogens with one attached hydrogen (secondary N) is 1. The molecule has 0 aliphatic carbocycles. The van der Waals surface area contributed by atoms with Crippen molar-refractivity contribution in [1.29, 1.82) is 0 Å². The minimum atomic E-state index is -4.40. The summed E-state index contributed by atoms with van der Waals surface area (Å²) in [5.41, 5.74) is 4.25. The molecule has 1 amide bonds. The van der Waals surface area contributed by atoms with Crippen LogP contribution in [0.5, 0.6) is 0 Å². The van der Waals surface area contributed by atoms with E-state index in [1.165, 1.54) is 41.3 Å². The van der Waals surface area contributed by atoms with Gasteiger partial charge in [0, 0.05) is 12.3 Å². The lowest BCUT2D eigenvalue weighted by atomic mass is 10.1. The van der Waals surface area contributed by atoms with Gasteiger partial charge in [-0.1, -0.05) is 42.1 Å². The van der Waals surface area contributed by atoms with Crippen LogP contribution < -0.4 is 10.3 Å². The summed E-state index contributed by atoms with van der Waals surface area (Å²) in [6.07, 6.45) is -4.99. The number of amidine groups is 1. The van der Waals surface area contributed by atoms with E-state index < -0.39 is 18.0 Å². The molecule has 2 aliphatic rings. The van der Waals surface area contributed by atoms with E-state index in [0.717, 1.165) is 17.7 Å². The lowest BCUT2D eigenvalue weighted by molar-refractivity contribution is -0.137. The van der Waals surface area contributed by atoms with Crippen LogP contribution in [0.1, 0.15) is 26.4 Å². The number of hydrogen-bond acceptors (Lipinski definition) is 6. The maximum Gasteiger partial charge on any atom is 0.416 e. The first-order valence-electron chi connectivity index (χ1n) is 9.85. The molecule has 0 bridgehead atoms. The molecule has 0 saturated carbocycles. The summed E-state index contributed by atoms with van der Waals surface area (Å²) >= 11 is 2.59. The van der Waals surface area contributed by atoms with Gasteiger partial charge < -0.3 is 0 Å². The predicted octanol–water partition coefficient (Wildman–Crippen LogP) is 5.46. The van der Waals surface area contributed by atoms with Crippen molar-refractivity contribution in [3.8, 4) is 0 Å². The van der Waals surface area contributed by atoms with Gasteiger partial charge in [0.1, 0.15) is 10.7 Å². The van der Waals surface area contributed by atoms with E-state index in [-0.39, 0.29) is 24.0 Å². The number of alkyl halides is 3. The zero-order valence-corrected chi connectivity index (χ0v) is 18.5. The van der Waals surface area contributed by atoms with Gasteiger partial charge in [-0.25, -0.2) is 4.39 Å². The maximum atomic E-state index is 13.3. The second kappa shape index (κ2) is 8.38. The van der Waals surface area contributed by atoms with Gasteiger partial charge in [-0.15, -0.1) is 11.3 Å². The molecular weight excluding hydrogens is 476 g/mol. The Morgan fingerprint density at radius 2 is 1.88 bits per heavy atom. The second-order valence-electron chi connectivity index (χ2n) is 7.45. The van der Waals surface area contributed by atoms with Gasteiger partial charge in [0.25, 0.3) is 5.91 Å². The number of thiophene rings is 1. The minimum Gasteiger partial charge on any atom is -0.294 e. The largest absolute Gasteiger partial charge is 0.416 e. The normalized spacial score (nSPS) is 17.5. The molecule has 0 spiro atoms. The van der Waals surface area contributed by atoms with Crippen LogP contribution in [0.3, 0.4) is 0 Å². The summed E-state index contributed by atoms with van der Waals surface area (Å²) in [6, 6.07) is 12.9. The first kappa shape index (κ1) is 21.8. The van der Waals surface area contributed by atoms with Gasteiger partial charge in [0.15, 0.2) is 5.17 Å². The van der Waals surface area contributed by atoms with Gasteiger partial charge >= 0.3 is 6.18 Å². The molecule has 11 heteroatoms. The van der Waals surface area contributed by atoms with Gasteiger partial charge in [-0.05, 0) is 40.8 Å². The van der Waals surface area contributed by atoms with E-state index in [9.17, 15) is 22.4 Å². The van der Waals surface area contributed by atoms with E-state index >= 15 is 0 Å². The van der Waals surface area contributed by atoms with E-state index in [0.29, 0.717) is 21.3 Å². The van der Waals surface area contributed by atoms with Gasteiger partial charge in [-0.3, -0.25) is 20.0 Å². The van der Waals surface area contributed by atoms with E-state index in [2.05, 4.69) is 10.5 Å². The Labute approximate surface area is 194 Å². The highest BCUT2D eigenvalue weighted by Crippen LogP contribution is 2.39. The van der Waals surface area contributed by atoms with Crippen molar-refractivity contribution >= 4 is 39.9 Å². The number of fused-ring (bicyclic) bond motifs is 3. The number of hydrogen-bond donors (Lipinski definition) is 1. The lowest BCUT2D eigenvalue weighted by Crippen LogP contribution is -2.57. The maximum absolute atomic E-state index is 13.3. The van der Waals surface area contributed by atoms with E-state index in [4.69, 9.17) is 0 Å². The summed E-state index contributed by atoms with van der Waals surface area (Å²) in [5.74, 6) is -0.252. The van der Waals surface area contributed by atoms with Crippen molar-refractivity contribution in [2.24, 2.45) is 5.10 Å². The molecule has 170 valence electrons. The predicted molar refractivity (Wildman–Crippen MR) is 120 cm³/mol. The molecule has 0 radical (unpaired) electrons. The number of benzene rings is 2. The molecule has 3 heterocycles. The van der Waals surface area contributed by atoms with Crippen LogP contribution in [0, 0.1) is 5.82 Å². The third kappa shape index (κ3) is 4.18. The fourth-order valence-corrected chi connectivity index (χ4v) is 5.47. The Morgan fingerprint density at radius 1 is 1.09 bits per heavy atom. The average Bonchev–Trinajstić information content (AvgIpc) is 3.43. The molecule has 5 rings (SSSR count). The molecule has 5 nitrogen and oxygen atoms in total. The molecule has 33 heavy (non-hydrogen) atoms. The molecule has 1 unspecified atom stereocenters. The van der Waals surface area contributed by atoms with Crippen molar-refractivity contribution in [1.82, 2.24) is 10.3 Å². The van der Waals surface area contributed by atoms with Crippen LogP contribution in [-0.2, 0) is 18.5 Å². The van der Waals surface area contributed by atoms with Crippen molar-refractivity contribution in [2.45, 2.75) is 24.8 Å². The first-order valence-corrected chi connectivity index (χ1v) is 11.7. The van der Waals surface area contributed by atoms with Gasteiger partial charge in [0.05, 0.1) is 11.3 Å². The lowest BCUT2D eigenvalue weighted by Gasteiger charge is -2.39. The highest BCUT2D eigenvalue weighted by Gasteiger charge is 2.43. The number of nitrogens with zero attached hydrogens (tertiary/aromatic N) is 3. The first-order chi connectivity index (χ1) is 15.8. The number of hydrazone groups is 1. The quantitative estimate of drug-likeness (QED) is 0.492. The van der Waals surface area contributed by atoms with Crippen LogP contribution in [0.15, 0.2) is 65.1 Å². The van der Waals surface area contributed by atoms with Crippen molar-refractivity contribution in [2.75, 3.05) is 4.90 Å². The fourth-order valence-electron chi connectivity index (χ4n) is 3.70. The molecule has 1 N–H and O–H groups in total. The van der Waals surface area contributed by atoms with Crippen molar-refractivity contribution in [3.05, 3.63) is 87.4 Å². The molecule has 3 aromatic rings. The van der Waals surface area contributed by atoms with Crippen LogP contribution in [0.2, 0.25) is 0 Å². The van der Waals surface area contributed by atoms with Crippen LogP contribution in [0.4, 0.5) is 23.2 Å². The number of carbonyl (C=O) groups is 1. The van der Waals surface area contributed by atoms with E-state index in [1.54, 1.807) is 23.1 Å².